The number of methoxy groups -OCH3 is 1. The number of hydrogen-bond donors (Lipinski definition) is 0. The van der Waals surface area contributed by atoms with Crippen LogP contribution in [0.15, 0.2) is 112 Å². The second kappa shape index (κ2) is 19.0. The van der Waals surface area contributed by atoms with Crippen LogP contribution < -0.4 is 4.74 Å². The molecule has 3 aromatic carbocycles. The molecular weight excluding hydrogens is 456 g/mol. The van der Waals surface area contributed by atoms with Crippen molar-refractivity contribution in [1.82, 2.24) is 4.57 Å². The molecule has 0 bridgehead atoms. The van der Waals surface area contributed by atoms with Crippen LogP contribution in [0.1, 0.15) is 27.8 Å². The number of nitrogens with zero attached hydrogens (tertiary/aromatic N) is 4. The lowest BCUT2D eigenvalue weighted by Crippen LogP contribution is -1.89. The first kappa shape index (κ1) is 30.8. The van der Waals surface area contributed by atoms with Crippen molar-refractivity contribution in [1.29, 1.82) is 0 Å². The molecule has 37 heavy (non-hydrogen) atoms. The lowest BCUT2D eigenvalue weighted by molar-refractivity contribution is 0.411. The fraction of sp³-hybridized carbons (Fsp3) is 0.219. The van der Waals surface area contributed by atoms with Crippen LogP contribution in [0.3, 0.4) is 0 Å². The Kier molecular flexibility index (Phi) is 15.8. The molecule has 4 rings (SSSR count). The van der Waals surface area contributed by atoms with Crippen LogP contribution in [0.5, 0.6) is 5.75 Å². The van der Waals surface area contributed by atoms with Gasteiger partial charge in [0.1, 0.15) is 5.75 Å². The molecular formula is C32H40N4O. The van der Waals surface area contributed by atoms with Gasteiger partial charge < -0.3 is 9.30 Å². The molecule has 0 radical (unpaired) electrons. The van der Waals surface area contributed by atoms with Gasteiger partial charge in [-0.3, -0.25) is 15.0 Å². The maximum atomic E-state index is 5.17. The van der Waals surface area contributed by atoms with Crippen molar-refractivity contribution in [3.63, 3.8) is 0 Å². The monoisotopic (exact) mass is 496 g/mol. The molecule has 5 heteroatoms. The van der Waals surface area contributed by atoms with Crippen LogP contribution in [-0.2, 0) is 7.05 Å². The Labute approximate surface area is 222 Å². The molecule has 0 spiro atoms. The van der Waals surface area contributed by atoms with E-state index in [4.69, 9.17) is 4.74 Å². The molecule has 0 N–H and O–H groups in total. The van der Waals surface area contributed by atoms with Crippen molar-refractivity contribution in [3.05, 3.63) is 125 Å². The fourth-order valence-electron chi connectivity index (χ4n) is 2.98. The Morgan fingerprint density at radius 2 is 1.11 bits per heavy atom. The third-order valence-corrected chi connectivity index (χ3v) is 4.90. The van der Waals surface area contributed by atoms with Crippen molar-refractivity contribution >= 4 is 18.6 Å². The summed E-state index contributed by atoms with van der Waals surface area (Å²) in [5.41, 5.74) is 5.81. The summed E-state index contributed by atoms with van der Waals surface area (Å²) >= 11 is 0. The van der Waals surface area contributed by atoms with Gasteiger partial charge in [-0.2, -0.15) is 0 Å². The van der Waals surface area contributed by atoms with Gasteiger partial charge in [-0.25, -0.2) is 0 Å². The average molecular weight is 497 g/mol. The Bertz CT molecular complexity index is 1190. The van der Waals surface area contributed by atoms with Gasteiger partial charge in [0.15, 0.2) is 0 Å². The van der Waals surface area contributed by atoms with Crippen LogP contribution in [0, 0.1) is 13.8 Å². The van der Waals surface area contributed by atoms with Crippen LogP contribution in [-0.4, -0.2) is 51.5 Å². The van der Waals surface area contributed by atoms with Crippen molar-refractivity contribution in [2.24, 2.45) is 22.0 Å². The van der Waals surface area contributed by atoms with Gasteiger partial charge in [0.25, 0.3) is 0 Å². The van der Waals surface area contributed by atoms with Gasteiger partial charge in [0.05, 0.1) is 7.11 Å². The first-order valence-corrected chi connectivity index (χ1v) is 12.0. The molecule has 194 valence electrons. The van der Waals surface area contributed by atoms with Crippen molar-refractivity contribution in [2.45, 2.75) is 13.8 Å². The summed E-state index contributed by atoms with van der Waals surface area (Å²) in [6.07, 6.45) is 9.49. The predicted molar refractivity (Wildman–Crippen MR) is 161 cm³/mol. The van der Waals surface area contributed by atoms with Gasteiger partial charge in [0.2, 0.25) is 0 Å². The van der Waals surface area contributed by atoms with Crippen LogP contribution >= 0.6 is 0 Å². The molecule has 1 aromatic heterocycles. The number of aromatic nitrogens is 1. The number of ether oxygens (including phenoxy) is 1. The van der Waals surface area contributed by atoms with Gasteiger partial charge in [-0.05, 0) is 54.3 Å². The van der Waals surface area contributed by atoms with Crippen molar-refractivity contribution in [2.75, 3.05) is 28.3 Å². The maximum absolute atomic E-state index is 5.17. The van der Waals surface area contributed by atoms with E-state index in [0.29, 0.717) is 0 Å². The molecule has 5 nitrogen and oxygen atoms in total. The van der Waals surface area contributed by atoms with Gasteiger partial charge in [-0.1, -0.05) is 72.3 Å². The number of aryl methyl sites for hydroxylation is 3. The van der Waals surface area contributed by atoms with Crippen LogP contribution in [0.25, 0.3) is 0 Å². The largest absolute Gasteiger partial charge is 0.496 e. The van der Waals surface area contributed by atoms with E-state index in [-0.39, 0.29) is 0 Å². The lowest BCUT2D eigenvalue weighted by Gasteiger charge is -2.04. The summed E-state index contributed by atoms with van der Waals surface area (Å²) in [6.45, 7) is 4.10. The third kappa shape index (κ3) is 14.0. The second-order valence-electron chi connectivity index (χ2n) is 8.06. The summed E-state index contributed by atoms with van der Waals surface area (Å²) in [7, 11) is 8.98. The molecule has 0 saturated carbocycles. The number of hydrogen-bond acceptors (Lipinski definition) is 4. The summed E-state index contributed by atoms with van der Waals surface area (Å²) < 4.78 is 7.17. The Balaban J connectivity index is 0.000000253. The Morgan fingerprint density at radius 3 is 1.57 bits per heavy atom. The number of benzene rings is 3. The van der Waals surface area contributed by atoms with E-state index in [1.54, 1.807) is 28.3 Å². The smallest absolute Gasteiger partial charge is 0.122 e. The minimum absolute atomic E-state index is 0.910. The minimum atomic E-state index is 0.910. The zero-order chi connectivity index (χ0) is 27.3. The molecule has 0 fully saturated rings. The molecule has 0 aliphatic carbocycles. The highest BCUT2D eigenvalue weighted by molar-refractivity contribution is 5.80. The minimum Gasteiger partial charge on any atom is -0.496 e. The molecule has 0 unspecified atom stereocenters. The fourth-order valence-corrected chi connectivity index (χ4v) is 2.98. The van der Waals surface area contributed by atoms with E-state index in [1.807, 2.05) is 110 Å². The summed E-state index contributed by atoms with van der Waals surface area (Å²) in [5.74, 6) is 0.910. The second-order valence-corrected chi connectivity index (χ2v) is 8.06. The topological polar surface area (TPSA) is 51.2 Å². The van der Waals surface area contributed by atoms with Crippen molar-refractivity contribution in [3.8, 4) is 5.75 Å². The lowest BCUT2D eigenvalue weighted by atomic mass is 10.1. The van der Waals surface area contributed by atoms with E-state index >= 15 is 0 Å². The third-order valence-electron chi connectivity index (χ3n) is 4.90. The SMILES string of the molecule is CN=Cc1ccc(C)c(OC)c1.CN=Cc1ccc(C)cc1.CN=Cc1ccccc1.Cn1cccc1. The van der Waals surface area contributed by atoms with E-state index in [9.17, 15) is 0 Å². The summed E-state index contributed by atoms with van der Waals surface area (Å²) in [5, 5.41) is 0. The van der Waals surface area contributed by atoms with E-state index in [1.165, 1.54) is 5.56 Å². The Hall–Kier alpha value is -4.25. The first-order valence-electron chi connectivity index (χ1n) is 12.0. The zero-order valence-electron chi connectivity index (χ0n) is 23.2. The molecule has 0 saturated heterocycles. The number of rotatable bonds is 4. The van der Waals surface area contributed by atoms with Crippen molar-refractivity contribution < 1.29 is 4.74 Å². The highest BCUT2D eigenvalue weighted by Crippen LogP contribution is 2.17. The van der Waals surface area contributed by atoms with E-state index in [0.717, 1.165) is 28.0 Å². The van der Waals surface area contributed by atoms with E-state index in [2.05, 4.69) is 46.2 Å². The molecule has 0 atom stereocenters. The quantitative estimate of drug-likeness (QED) is 0.285. The predicted octanol–water partition coefficient (Wildman–Crippen LogP) is 6.86. The van der Waals surface area contributed by atoms with Crippen LogP contribution in [0.4, 0.5) is 0 Å². The average Bonchev–Trinajstić information content (AvgIpc) is 3.40. The Morgan fingerprint density at radius 1 is 0.622 bits per heavy atom. The molecule has 1 heterocycles. The van der Waals surface area contributed by atoms with E-state index < -0.39 is 0 Å². The highest BCUT2D eigenvalue weighted by atomic mass is 16.5. The molecule has 0 aliphatic rings. The number of aliphatic imine (C=N–C) groups is 3. The zero-order valence-corrected chi connectivity index (χ0v) is 23.2. The molecule has 4 aromatic rings. The maximum Gasteiger partial charge on any atom is 0.122 e. The molecule has 0 amide bonds. The normalized spacial score (nSPS) is 10.2. The molecule has 0 aliphatic heterocycles. The van der Waals surface area contributed by atoms with Gasteiger partial charge in [0, 0.05) is 59.2 Å². The first-order chi connectivity index (χ1) is 17.9. The van der Waals surface area contributed by atoms with Gasteiger partial charge >= 0.3 is 0 Å². The standard InChI is InChI=1S/C10H13NO.C9H11N.C8H9N.C5H7N/c1-8-4-5-9(7-11-2)6-10(8)12-3;1-8-3-5-9(6-4-8)7-10-2;1-9-7-8-5-3-2-4-6-8;1-6-4-2-3-5-6/h4-7H,1-3H3;3-7H,1-2H3;2-7H,1H3;2-5H,1H3. The summed E-state index contributed by atoms with van der Waals surface area (Å²) in [6, 6.07) is 28.3. The van der Waals surface area contributed by atoms with Gasteiger partial charge in [-0.15, -0.1) is 0 Å². The highest BCUT2D eigenvalue weighted by Gasteiger charge is 1.97. The summed E-state index contributed by atoms with van der Waals surface area (Å²) in [4.78, 5) is 11.7. The van der Waals surface area contributed by atoms with Crippen LogP contribution in [0.2, 0.25) is 0 Å².